The van der Waals surface area contributed by atoms with Gasteiger partial charge < -0.3 is 10.2 Å². The molecule has 6 heteroatoms. The number of amides is 1. The predicted octanol–water partition coefficient (Wildman–Crippen LogP) is 2.72. The standard InChI is InChI=1S/C16H15BrN2O3/c1-10-5-6-12(9-20)14(15(10)21)8-18-19-16(22)11-3-2-4-13(17)7-11/h2-8,20-21H,9H2,1H3,(H,19,22). The molecule has 2 aromatic carbocycles. The summed E-state index contributed by atoms with van der Waals surface area (Å²) in [4.78, 5) is 11.9. The summed E-state index contributed by atoms with van der Waals surface area (Å²) in [5.41, 5.74) is 4.43. The zero-order valence-corrected chi connectivity index (χ0v) is 13.5. The third-order valence-electron chi connectivity index (χ3n) is 3.13. The number of carbonyl (C=O) groups excluding carboxylic acids is 1. The van der Waals surface area contributed by atoms with E-state index in [1.807, 2.05) is 6.07 Å². The van der Waals surface area contributed by atoms with Gasteiger partial charge in [-0.05, 0) is 36.2 Å². The number of rotatable bonds is 4. The molecule has 0 aliphatic heterocycles. The molecule has 0 heterocycles. The molecule has 5 nitrogen and oxygen atoms in total. The minimum absolute atomic E-state index is 0.0343. The molecule has 0 saturated heterocycles. The number of benzene rings is 2. The maximum absolute atomic E-state index is 11.9. The first-order valence-electron chi connectivity index (χ1n) is 6.54. The molecule has 114 valence electrons. The van der Waals surface area contributed by atoms with Gasteiger partial charge in [-0.1, -0.05) is 34.1 Å². The van der Waals surface area contributed by atoms with Gasteiger partial charge in [0.15, 0.2) is 0 Å². The summed E-state index contributed by atoms with van der Waals surface area (Å²) in [6.07, 6.45) is 1.32. The number of aliphatic hydroxyl groups excluding tert-OH is 1. The van der Waals surface area contributed by atoms with E-state index < -0.39 is 0 Å². The maximum atomic E-state index is 11.9. The van der Waals surface area contributed by atoms with Crippen molar-refractivity contribution < 1.29 is 15.0 Å². The molecule has 2 aromatic rings. The van der Waals surface area contributed by atoms with E-state index in [0.717, 1.165) is 4.47 Å². The summed E-state index contributed by atoms with van der Waals surface area (Å²) in [7, 11) is 0. The van der Waals surface area contributed by atoms with Gasteiger partial charge in [-0.25, -0.2) is 5.43 Å². The van der Waals surface area contributed by atoms with E-state index in [-0.39, 0.29) is 18.3 Å². The maximum Gasteiger partial charge on any atom is 0.271 e. The number of aromatic hydroxyl groups is 1. The third kappa shape index (κ3) is 3.72. The van der Waals surface area contributed by atoms with Crippen molar-refractivity contribution in [3.05, 3.63) is 63.1 Å². The first-order valence-corrected chi connectivity index (χ1v) is 7.33. The van der Waals surface area contributed by atoms with E-state index >= 15 is 0 Å². The minimum Gasteiger partial charge on any atom is -0.507 e. The van der Waals surface area contributed by atoms with Crippen molar-refractivity contribution in [2.75, 3.05) is 0 Å². The van der Waals surface area contributed by atoms with Crippen LogP contribution in [0.1, 0.15) is 27.0 Å². The lowest BCUT2D eigenvalue weighted by Gasteiger charge is -2.08. The van der Waals surface area contributed by atoms with Gasteiger partial charge in [0.05, 0.1) is 12.8 Å². The highest BCUT2D eigenvalue weighted by atomic mass is 79.9. The number of hydrazone groups is 1. The van der Waals surface area contributed by atoms with Crippen LogP contribution in [0.5, 0.6) is 5.75 Å². The molecular formula is C16H15BrN2O3. The summed E-state index contributed by atoms with van der Waals surface area (Å²) in [5.74, 6) is -0.331. The Balaban J connectivity index is 2.16. The van der Waals surface area contributed by atoms with Crippen LogP contribution in [0.2, 0.25) is 0 Å². The number of nitrogens with one attached hydrogen (secondary N) is 1. The van der Waals surface area contributed by atoms with E-state index in [1.54, 1.807) is 37.3 Å². The number of phenolic OH excluding ortho intramolecular Hbond substituents is 1. The molecule has 22 heavy (non-hydrogen) atoms. The molecule has 0 saturated carbocycles. The van der Waals surface area contributed by atoms with Crippen molar-refractivity contribution >= 4 is 28.1 Å². The molecular weight excluding hydrogens is 348 g/mol. The SMILES string of the molecule is Cc1ccc(CO)c(C=NNC(=O)c2cccc(Br)c2)c1O. The molecule has 0 aromatic heterocycles. The molecule has 0 radical (unpaired) electrons. The molecule has 0 bridgehead atoms. The summed E-state index contributed by atoms with van der Waals surface area (Å²) >= 11 is 3.29. The van der Waals surface area contributed by atoms with Gasteiger partial charge in [-0.3, -0.25) is 4.79 Å². The highest BCUT2D eigenvalue weighted by Crippen LogP contribution is 2.24. The number of carbonyl (C=O) groups is 1. The molecule has 0 fully saturated rings. The smallest absolute Gasteiger partial charge is 0.271 e. The summed E-state index contributed by atoms with van der Waals surface area (Å²) < 4.78 is 0.794. The quantitative estimate of drug-likeness (QED) is 0.577. The second-order valence-electron chi connectivity index (χ2n) is 4.67. The normalized spacial score (nSPS) is 10.9. The van der Waals surface area contributed by atoms with Crippen LogP contribution in [-0.4, -0.2) is 22.3 Å². The average Bonchev–Trinajstić information content (AvgIpc) is 2.51. The van der Waals surface area contributed by atoms with Gasteiger partial charge in [0, 0.05) is 15.6 Å². The lowest BCUT2D eigenvalue weighted by Crippen LogP contribution is -2.17. The van der Waals surface area contributed by atoms with Crippen LogP contribution < -0.4 is 5.43 Å². The number of nitrogens with zero attached hydrogens (tertiary/aromatic N) is 1. The number of aliphatic hydroxyl groups is 1. The van der Waals surface area contributed by atoms with Crippen LogP contribution >= 0.6 is 15.9 Å². The number of hydrogen-bond donors (Lipinski definition) is 3. The number of hydrogen-bond acceptors (Lipinski definition) is 4. The molecule has 0 atom stereocenters. The Hall–Kier alpha value is -2.18. The highest BCUT2D eigenvalue weighted by Gasteiger charge is 2.08. The van der Waals surface area contributed by atoms with Gasteiger partial charge in [-0.2, -0.15) is 5.10 Å². The molecule has 0 spiro atoms. The van der Waals surface area contributed by atoms with Crippen molar-refractivity contribution in [1.82, 2.24) is 5.43 Å². The third-order valence-corrected chi connectivity index (χ3v) is 3.62. The molecule has 0 aliphatic rings. The van der Waals surface area contributed by atoms with E-state index in [0.29, 0.717) is 22.3 Å². The van der Waals surface area contributed by atoms with Gasteiger partial charge >= 0.3 is 0 Å². The van der Waals surface area contributed by atoms with E-state index in [4.69, 9.17) is 0 Å². The van der Waals surface area contributed by atoms with Gasteiger partial charge in [0.1, 0.15) is 5.75 Å². The zero-order valence-electron chi connectivity index (χ0n) is 11.9. The minimum atomic E-state index is -0.366. The topological polar surface area (TPSA) is 81.9 Å². The van der Waals surface area contributed by atoms with Crippen molar-refractivity contribution in [2.24, 2.45) is 5.10 Å². The lowest BCUT2D eigenvalue weighted by molar-refractivity contribution is 0.0955. The fourth-order valence-electron chi connectivity index (χ4n) is 1.89. The van der Waals surface area contributed by atoms with Crippen LogP contribution in [0.25, 0.3) is 0 Å². The Labute approximate surface area is 136 Å². The fourth-order valence-corrected chi connectivity index (χ4v) is 2.29. The van der Waals surface area contributed by atoms with Crippen LogP contribution in [0.4, 0.5) is 0 Å². The van der Waals surface area contributed by atoms with Crippen molar-refractivity contribution in [3.63, 3.8) is 0 Å². The number of halogens is 1. The molecule has 0 aliphatic carbocycles. The van der Waals surface area contributed by atoms with Crippen molar-refractivity contribution in [3.8, 4) is 5.75 Å². The Bertz CT molecular complexity index is 729. The molecule has 3 N–H and O–H groups in total. The van der Waals surface area contributed by atoms with Crippen molar-refractivity contribution in [2.45, 2.75) is 13.5 Å². The van der Waals surface area contributed by atoms with Crippen LogP contribution in [-0.2, 0) is 6.61 Å². The second-order valence-corrected chi connectivity index (χ2v) is 5.59. The molecule has 0 unspecified atom stereocenters. The fraction of sp³-hybridized carbons (Fsp3) is 0.125. The van der Waals surface area contributed by atoms with E-state index in [9.17, 15) is 15.0 Å². The highest BCUT2D eigenvalue weighted by molar-refractivity contribution is 9.10. The Kier molecular flexibility index (Phi) is 5.30. The Morgan fingerprint density at radius 2 is 2.14 bits per heavy atom. The van der Waals surface area contributed by atoms with Crippen LogP contribution in [0.3, 0.4) is 0 Å². The first-order chi connectivity index (χ1) is 10.5. The zero-order chi connectivity index (χ0) is 16.1. The van der Waals surface area contributed by atoms with Crippen LogP contribution in [0, 0.1) is 6.92 Å². The summed E-state index contributed by atoms with van der Waals surface area (Å²) in [5, 5.41) is 23.1. The predicted molar refractivity (Wildman–Crippen MR) is 88.0 cm³/mol. The Morgan fingerprint density at radius 3 is 2.82 bits per heavy atom. The molecule has 2 rings (SSSR count). The molecule has 1 amide bonds. The number of phenols is 1. The van der Waals surface area contributed by atoms with Crippen molar-refractivity contribution in [1.29, 1.82) is 0 Å². The van der Waals surface area contributed by atoms with E-state index in [1.165, 1.54) is 6.21 Å². The van der Waals surface area contributed by atoms with Gasteiger partial charge in [0.25, 0.3) is 5.91 Å². The van der Waals surface area contributed by atoms with E-state index in [2.05, 4.69) is 26.5 Å². The lowest BCUT2D eigenvalue weighted by atomic mass is 10.0. The summed E-state index contributed by atoms with van der Waals surface area (Å²) in [6, 6.07) is 10.3. The first kappa shape index (κ1) is 16.2. The largest absolute Gasteiger partial charge is 0.507 e. The monoisotopic (exact) mass is 362 g/mol. The van der Waals surface area contributed by atoms with Gasteiger partial charge in [-0.15, -0.1) is 0 Å². The number of aryl methyl sites for hydroxylation is 1. The Morgan fingerprint density at radius 1 is 1.36 bits per heavy atom. The average molecular weight is 363 g/mol. The van der Waals surface area contributed by atoms with Crippen LogP contribution in [0.15, 0.2) is 46.0 Å². The van der Waals surface area contributed by atoms with Gasteiger partial charge in [0.2, 0.25) is 0 Å². The second kappa shape index (κ2) is 7.20. The summed E-state index contributed by atoms with van der Waals surface area (Å²) in [6.45, 7) is 1.52.